The molecule has 2 N–H and O–H groups in total. The molecule has 0 aromatic heterocycles. The molecule has 3 aliphatic rings. The van der Waals surface area contributed by atoms with Gasteiger partial charge in [0.15, 0.2) is 0 Å². The van der Waals surface area contributed by atoms with Gasteiger partial charge < -0.3 is 15.3 Å². The van der Waals surface area contributed by atoms with Crippen LogP contribution in [0, 0.1) is 13.8 Å². The maximum Gasteiger partial charge on any atom is 0.253 e. The summed E-state index contributed by atoms with van der Waals surface area (Å²) in [7, 11) is -3.77. The molecule has 0 aliphatic carbocycles. The third kappa shape index (κ3) is 6.14. The first-order valence-corrected chi connectivity index (χ1v) is 16.1. The molecule has 3 aliphatic heterocycles. The monoisotopic (exact) mass is 632 g/mol. The van der Waals surface area contributed by atoms with Crippen LogP contribution in [0.4, 0.5) is 0 Å². The minimum atomic E-state index is -3.77. The Morgan fingerprint density at radius 2 is 1.62 bits per heavy atom. The highest BCUT2D eigenvalue weighted by atomic mass is 35.5. The van der Waals surface area contributed by atoms with Crippen LogP contribution >= 0.6 is 23.2 Å². The van der Waals surface area contributed by atoms with E-state index >= 15 is 0 Å². The zero-order valence-electron chi connectivity index (χ0n) is 23.8. The Hall–Kier alpha value is -2.76. The van der Waals surface area contributed by atoms with Crippen LogP contribution < -0.4 is 5.32 Å². The number of aliphatic imine (C=N–C) groups is 1. The molecule has 9 nitrogen and oxygen atoms in total. The van der Waals surface area contributed by atoms with E-state index < -0.39 is 21.2 Å². The quantitative estimate of drug-likeness (QED) is 0.509. The van der Waals surface area contributed by atoms with E-state index in [0.29, 0.717) is 52.9 Å². The van der Waals surface area contributed by atoms with E-state index in [2.05, 4.69) is 10.3 Å². The van der Waals surface area contributed by atoms with Crippen molar-refractivity contribution in [3.8, 4) is 0 Å². The third-order valence-corrected chi connectivity index (χ3v) is 10.8. The van der Waals surface area contributed by atoms with Gasteiger partial charge >= 0.3 is 0 Å². The van der Waals surface area contributed by atoms with Crippen molar-refractivity contribution in [3.63, 3.8) is 0 Å². The van der Waals surface area contributed by atoms with Crippen molar-refractivity contribution in [1.29, 1.82) is 0 Å². The number of piperidine rings is 2. The van der Waals surface area contributed by atoms with Crippen molar-refractivity contribution in [2.45, 2.75) is 57.6 Å². The Balaban J connectivity index is 1.26. The van der Waals surface area contributed by atoms with Crippen LogP contribution in [-0.4, -0.2) is 77.7 Å². The molecule has 0 bridgehead atoms. The molecule has 2 saturated heterocycles. The van der Waals surface area contributed by atoms with Crippen molar-refractivity contribution in [3.05, 3.63) is 73.6 Å². The summed E-state index contributed by atoms with van der Waals surface area (Å²) in [6.45, 7) is 6.76. The molecule has 42 heavy (non-hydrogen) atoms. The Kier molecular flexibility index (Phi) is 8.32. The second kappa shape index (κ2) is 11.4. The molecule has 5 rings (SSSR count). The molecule has 2 fully saturated rings. The summed E-state index contributed by atoms with van der Waals surface area (Å²) in [5.41, 5.74) is 1.71. The molecule has 1 spiro atoms. The van der Waals surface area contributed by atoms with Crippen molar-refractivity contribution in [2.24, 2.45) is 4.99 Å². The number of halogens is 2. The molecular formula is C30H34Cl2N4O5S. The predicted octanol–water partition coefficient (Wildman–Crippen LogP) is 4.31. The number of nitrogens with zero attached hydrogens (tertiary/aromatic N) is 3. The second-order valence-corrected chi connectivity index (χ2v) is 14.3. The van der Waals surface area contributed by atoms with Gasteiger partial charge in [0.05, 0.1) is 15.6 Å². The highest BCUT2D eigenvalue weighted by Crippen LogP contribution is 2.33. The SMILES string of the molecule is Cc1cc(C(=O)N2CCC(C)(O)CC2)cc(C)c1C=CS(=O)(=O)N1CCC2(CC1)N=C(c1ccc(Cl)c(Cl)c1)NC2=O. The van der Waals surface area contributed by atoms with Crippen LogP contribution in [0.2, 0.25) is 10.0 Å². The maximum absolute atomic E-state index is 13.3. The fourth-order valence-corrected chi connectivity index (χ4v) is 7.19. The number of carbonyl (C=O) groups is 2. The second-order valence-electron chi connectivity index (χ2n) is 11.6. The van der Waals surface area contributed by atoms with Crippen molar-refractivity contribution in [2.75, 3.05) is 26.2 Å². The molecule has 0 atom stereocenters. The van der Waals surface area contributed by atoms with Crippen molar-refractivity contribution >= 4 is 57.0 Å². The summed E-state index contributed by atoms with van der Waals surface area (Å²) in [6.07, 6.45) is 3.12. The number of benzene rings is 2. The van der Waals surface area contributed by atoms with Gasteiger partial charge in [-0.25, -0.2) is 8.42 Å². The van der Waals surface area contributed by atoms with Gasteiger partial charge in [0.1, 0.15) is 11.4 Å². The first kappa shape index (κ1) is 30.7. The number of sulfonamides is 1. The van der Waals surface area contributed by atoms with Gasteiger partial charge in [0, 0.05) is 42.7 Å². The largest absolute Gasteiger partial charge is 0.390 e. The third-order valence-electron chi connectivity index (χ3n) is 8.46. The number of aliphatic hydroxyl groups is 1. The summed E-state index contributed by atoms with van der Waals surface area (Å²) >= 11 is 12.1. The summed E-state index contributed by atoms with van der Waals surface area (Å²) in [5, 5.41) is 14.9. The van der Waals surface area contributed by atoms with Gasteiger partial charge in [0.2, 0.25) is 10.0 Å². The fourth-order valence-electron chi connectivity index (χ4n) is 5.72. The predicted molar refractivity (Wildman–Crippen MR) is 164 cm³/mol. The van der Waals surface area contributed by atoms with Gasteiger partial charge in [-0.1, -0.05) is 23.2 Å². The van der Waals surface area contributed by atoms with E-state index in [0.717, 1.165) is 16.7 Å². The Morgan fingerprint density at radius 3 is 2.21 bits per heavy atom. The van der Waals surface area contributed by atoms with Crippen LogP contribution in [0.1, 0.15) is 65.2 Å². The van der Waals surface area contributed by atoms with Gasteiger partial charge in [-0.15, -0.1) is 0 Å². The number of hydrogen-bond donors (Lipinski definition) is 2. The van der Waals surface area contributed by atoms with Gasteiger partial charge in [0.25, 0.3) is 11.8 Å². The standard InChI is InChI=1S/C30H34Cl2N4O5S/c1-19-16-22(27(37)35-11-7-29(3,39)8-12-35)17-20(2)23(19)6-15-42(40,41)36-13-9-30(10-14-36)28(38)33-26(34-30)21-4-5-24(31)25(32)18-21/h4-6,15-18,39H,7-14H2,1-3H3,(H,33,34,38). The number of amides is 2. The number of rotatable bonds is 5. The first-order valence-electron chi connectivity index (χ1n) is 13.9. The molecule has 3 heterocycles. The Bertz CT molecular complexity index is 1580. The zero-order chi connectivity index (χ0) is 30.4. The molecule has 0 radical (unpaired) electrons. The van der Waals surface area contributed by atoms with Gasteiger partial charge in [-0.2, -0.15) is 4.31 Å². The number of aryl methyl sites for hydroxylation is 2. The average Bonchev–Trinajstić information content (AvgIpc) is 3.24. The molecule has 224 valence electrons. The van der Waals surface area contributed by atoms with E-state index in [4.69, 9.17) is 23.2 Å². The number of likely N-dealkylation sites (tertiary alicyclic amines) is 1. The molecular weight excluding hydrogens is 599 g/mol. The molecule has 2 aromatic rings. The Labute approximate surface area is 256 Å². The van der Waals surface area contributed by atoms with Crippen LogP contribution in [-0.2, 0) is 14.8 Å². The average molecular weight is 634 g/mol. The lowest BCUT2D eigenvalue weighted by Gasteiger charge is -2.36. The van der Waals surface area contributed by atoms with Crippen LogP contribution in [0.25, 0.3) is 6.08 Å². The summed E-state index contributed by atoms with van der Waals surface area (Å²) in [5.74, 6) is 0.0461. The van der Waals surface area contributed by atoms with Gasteiger partial charge in [-0.05, 0) is 99.6 Å². The van der Waals surface area contributed by atoms with E-state index in [1.165, 1.54) is 9.71 Å². The smallest absolute Gasteiger partial charge is 0.253 e. The van der Waals surface area contributed by atoms with Crippen LogP contribution in [0.15, 0.2) is 40.7 Å². The molecule has 2 aromatic carbocycles. The van der Waals surface area contributed by atoms with Crippen LogP contribution in [0.5, 0.6) is 0 Å². The zero-order valence-corrected chi connectivity index (χ0v) is 26.1. The van der Waals surface area contributed by atoms with Crippen molar-refractivity contribution in [1.82, 2.24) is 14.5 Å². The van der Waals surface area contributed by atoms with E-state index in [1.54, 1.807) is 48.2 Å². The first-order chi connectivity index (χ1) is 19.7. The minimum absolute atomic E-state index is 0.0944. The fraction of sp³-hybridized carbons (Fsp3) is 0.433. The Morgan fingerprint density at radius 1 is 1.00 bits per heavy atom. The highest BCUT2D eigenvalue weighted by Gasteiger charge is 2.47. The molecule has 0 saturated carbocycles. The normalized spacial score (nSPS) is 20.7. The minimum Gasteiger partial charge on any atom is -0.390 e. The topological polar surface area (TPSA) is 119 Å². The lowest BCUT2D eigenvalue weighted by atomic mass is 9.89. The van der Waals surface area contributed by atoms with Crippen molar-refractivity contribution < 1.29 is 23.1 Å². The van der Waals surface area contributed by atoms with E-state index in [9.17, 15) is 23.1 Å². The lowest BCUT2D eigenvalue weighted by molar-refractivity contribution is -0.124. The summed E-state index contributed by atoms with van der Waals surface area (Å²) in [4.78, 5) is 32.4. The molecule has 2 amide bonds. The number of carbonyl (C=O) groups excluding carboxylic acids is 2. The number of amidine groups is 1. The van der Waals surface area contributed by atoms with E-state index in [-0.39, 0.29) is 37.7 Å². The summed E-state index contributed by atoms with van der Waals surface area (Å²) in [6, 6.07) is 8.55. The molecule has 0 unspecified atom stereocenters. The van der Waals surface area contributed by atoms with Gasteiger partial charge in [-0.3, -0.25) is 14.6 Å². The number of nitrogens with one attached hydrogen (secondary N) is 1. The van der Waals surface area contributed by atoms with E-state index in [1.807, 2.05) is 13.8 Å². The lowest BCUT2D eigenvalue weighted by Crippen LogP contribution is -2.50. The van der Waals surface area contributed by atoms with Crippen LogP contribution in [0.3, 0.4) is 0 Å². The highest BCUT2D eigenvalue weighted by molar-refractivity contribution is 7.92. The summed E-state index contributed by atoms with van der Waals surface area (Å²) < 4.78 is 27.9. The molecule has 12 heteroatoms. The number of hydrogen-bond acceptors (Lipinski definition) is 6. The maximum atomic E-state index is 13.3.